The molecule has 0 bridgehead atoms. The average Bonchev–Trinajstić information content (AvgIpc) is 1.31. The maximum absolute atomic E-state index is 14.2. The number of phenolic OH excluding ortho intramolecular Hbond substituents is 4. The Kier molecular flexibility index (Phi) is 15.6. The number of fused-ring (bicyclic) bond motifs is 6. The molecule has 2 heterocycles. The molecule has 2 fully saturated rings. The van der Waals surface area contributed by atoms with Crippen molar-refractivity contribution in [2.24, 2.45) is 21.7 Å². The van der Waals surface area contributed by atoms with Gasteiger partial charge in [0.25, 0.3) is 11.8 Å². The van der Waals surface area contributed by atoms with E-state index >= 15 is 0 Å². The maximum Gasteiger partial charge on any atom is 0.264 e. The third-order valence-corrected chi connectivity index (χ3v) is 16.7. The molecule has 0 radical (unpaired) electrons. The third kappa shape index (κ3) is 9.95. The van der Waals surface area contributed by atoms with Crippen LogP contribution in [0, 0.1) is 0 Å². The number of aromatic hydroxyl groups is 4. The number of aliphatic hydroxyl groups excluding tert-OH is 2. The summed E-state index contributed by atoms with van der Waals surface area (Å²) in [5.74, 6) is -8.17. The first-order chi connectivity index (χ1) is 39.7. The Balaban J connectivity index is 0.889. The van der Waals surface area contributed by atoms with Gasteiger partial charge in [-0.15, -0.1) is 0 Å². The van der Waals surface area contributed by atoms with Gasteiger partial charge in [0, 0.05) is 96.1 Å². The highest BCUT2D eigenvalue weighted by Crippen LogP contribution is 2.55. The van der Waals surface area contributed by atoms with Gasteiger partial charge >= 0.3 is 0 Å². The van der Waals surface area contributed by atoms with Crippen LogP contribution in [0.1, 0.15) is 152 Å². The van der Waals surface area contributed by atoms with E-state index in [9.17, 15) is 69.6 Å². The molecule has 444 valence electrons. The van der Waals surface area contributed by atoms with Crippen LogP contribution in [0.5, 0.6) is 34.5 Å². The number of rotatable bonds is 12. The second-order valence-electron chi connectivity index (χ2n) is 21.8. The van der Waals surface area contributed by atoms with Crippen molar-refractivity contribution in [1.29, 1.82) is 0 Å². The summed E-state index contributed by atoms with van der Waals surface area (Å²) in [6, 6.07) is 6.92. The van der Waals surface area contributed by atoms with Crippen molar-refractivity contribution in [3.63, 3.8) is 0 Å². The molecule has 12 unspecified atom stereocenters. The zero-order valence-electron chi connectivity index (χ0n) is 46.2. The molecular formula is C58H62N6O20. The molecule has 0 spiro atoms. The zero-order valence-corrected chi connectivity index (χ0v) is 46.2. The van der Waals surface area contributed by atoms with Gasteiger partial charge in [-0.25, -0.2) is 10.9 Å². The number of nitrogens with zero attached hydrogens (tertiary/aromatic N) is 2. The van der Waals surface area contributed by atoms with Crippen LogP contribution in [0.15, 0.2) is 58.8 Å². The molecule has 6 aliphatic rings. The van der Waals surface area contributed by atoms with Gasteiger partial charge in [-0.05, 0) is 39.8 Å². The normalized spacial score (nSPS) is 29.2. The first-order valence-electron chi connectivity index (χ1n) is 26.8. The van der Waals surface area contributed by atoms with Gasteiger partial charge in [-0.2, -0.15) is 10.2 Å². The van der Waals surface area contributed by atoms with Gasteiger partial charge in [0.1, 0.15) is 45.7 Å². The summed E-state index contributed by atoms with van der Waals surface area (Å²) in [5, 5.41) is 102. The molecule has 0 saturated carbocycles. The van der Waals surface area contributed by atoms with Gasteiger partial charge in [0.15, 0.2) is 24.1 Å². The van der Waals surface area contributed by atoms with Crippen LogP contribution >= 0.6 is 0 Å². The van der Waals surface area contributed by atoms with Crippen LogP contribution in [0.2, 0.25) is 0 Å². The number of hydrogen-bond donors (Lipinski definition) is 12. The van der Waals surface area contributed by atoms with E-state index in [1.807, 2.05) is 0 Å². The van der Waals surface area contributed by atoms with E-state index in [1.54, 1.807) is 13.8 Å². The second kappa shape index (κ2) is 22.2. The number of amides is 2. The highest BCUT2D eigenvalue weighted by Gasteiger charge is 2.51. The number of hydrogen-bond acceptors (Lipinski definition) is 24. The molecule has 14 N–H and O–H groups in total. The minimum atomic E-state index is -2.14. The van der Waals surface area contributed by atoms with Gasteiger partial charge in [0.2, 0.25) is 11.6 Å². The lowest BCUT2D eigenvalue weighted by molar-refractivity contribution is -0.246. The fraction of sp³-hybridized carbons (Fsp3) is 0.414. The van der Waals surface area contributed by atoms with Gasteiger partial charge in [-0.3, -0.25) is 28.8 Å². The van der Waals surface area contributed by atoms with Crippen molar-refractivity contribution < 1.29 is 98.0 Å². The lowest BCUT2D eigenvalue weighted by atomic mass is 9.71. The first-order valence-corrected chi connectivity index (χ1v) is 26.8. The Morgan fingerprint density at radius 3 is 1.30 bits per heavy atom. The second-order valence-corrected chi connectivity index (χ2v) is 21.8. The predicted molar refractivity (Wildman–Crippen MR) is 291 cm³/mol. The van der Waals surface area contributed by atoms with E-state index in [0.29, 0.717) is 0 Å². The molecule has 2 aliphatic heterocycles. The van der Waals surface area contributed by atoms with Crippen LogP contribution in [0.3, 0.4) is 0 Å². The summed E-state index contributed by atoms with van der Waals surface area (Å²) < 4.78 is 35.1. The van der Waals surface area contributed by atoms with Crippen LogP contribution in [-0.4, -0.2) is 162 Å². The summed E-state index contributed by atoms with van der Waals surface area (Å²) >= 11 is 0. The number of phenols is 4. The Bertz CT molecular complexity index is 3330. The van der Waals surface area contributed by atoms with Crippen molar-refractivity contribution in [3.8, 4) is 34.5 Å². The van der Waals surface area contributed by atoms with Crippen molar-refractivity contribution in [1.82, 2.24) is 10.9 Å². The smallest absolute Gasteiger partial charge is 0.264 e. The molecule has 2 amide bonds. The molecule has 0 aromatic heterocycles. The van der Waals surface area contributed by atoms with Crippen LogP contribution in [0.25, 0.3) is 0 Å². The summed E-state index contributed by atoms with van der Waals surface area (Å²) in [6.07, 6.45) is -9.60. The summed E-state index contributed by atoms with van der Waals surface area (Å²) in [7, 11) is 2.59. The lowest BCUT2D eigenvalue weighted by Crippen LogP contribution is -2.52. The minimum absolute atomic E-state index is 0.0405. The van der Waals surface area contributed by atoms with Crippen LogP contribution in [0.4, 0.5) is 0 Å². The molecule has 26 nitrogen and oxygen atoms in total. The number of carbonyl (C=O) groups is 6. The molecule has 4 aromatic rings. The van der Waals surface area contributed by atoms with E-state index in [2.05, 4.69) is 21.1 Å². The number of ketones is 4. The van der Waals surface area contributed by atoms with E-state index in [-0.39, 0.29) is 80.3 Å². The fourth-order valence-corrected chi connectivity index (χ4v) is 12.0. The minimum Gasteiger partial charge on any atom is -0.507 e. The number of carbonyl (C=O) groups excluding carboxylic acids is 6. The molecule has 10 rings (SSSR count). The largest absolute Gasteiger partial charge is 0.507 e. The number of nitrogens with two attached hydrogens (primary N) is 2. The Morgan fingerprint density at radius 2 is 0.952 bits per heavy atom. The Morgan fingerprint density at radius 1 is 0.595 bits per heavy atom. The predicted octanol–water partition coefficient (Wildman–Crippen LogP) is 1.43. The maximum atomic E-state index is 14.2. The van der Waals surface area contributed by atoms with Gasteiger partial charge in [-0.1, -0.05) is 24.3 Å². The van der Waals surface area contributed by atoms with Crippen LogP contribution in [-0.2, 0) is 41.4 Å². The summed E-state index contributed by atoms with van der Waals surface area (Å²) in [4.78, 5) is 82.9. The number of nitrogens with one attached hydrogen (secondary N) is 2. The molecule has 84 heavy (non-hydrogen) atoms. The molecule has 2 saturated heterocycles. The van der Waals surface area contributed by atoms with E-state index in [1.165, 1.54) is 64.5 Å². The van der Waals surface area contributed by atoms with Crippen molar-refractivity contribution >= 4 is 46.4 Å². The number of aliphatic hydroxyl groups is 4. The van der Waals surface area contributed by atoms with E-state index < -0.39 is 178 Å². The number of ether oxygens (including phenoxy) is 6. The van der Waals surface area contributed by atoms with Crippen molar-refractivity contribution in [2.75, 3.05) is 14.2 Å². The zero-order chi connectivity index (χ0) is 60.8. The third-order valence-electron chi connectivity index (χ3n) is 16.7. The quantitative estimate of drug-likeness (QED) is 0.0357. The monoisotopic (exact) mass is 1160 g/mol. The first kappa shape index (κ1) is 59.2. The standard InChI is InChI=1S/C58H62N6O20/c1-21-47(67)29(59)15-37(81-21)83-33-19-57(77,17-27-41(33)55(75)45-43(51(27)71)49(69)25-9-7-11-31(79-5)39(25)53(45)73)23(3)61-63-35(65)13-14-36(66)64-62-24(4)58(78)18-28-42(34(20-58)84-38-16-30(60)48(68)22(2)82-38)56(76)46-44(52(28)72)50(70)26-10-8-12-32(80-6)40(26)54(46)74/h7-14,21-22,29-30,33-34,37-38,47-48,67-68,71-72,75-78H,15-20,59-60H2,1-6H3,(H,63,65)(H,64,66)/b14-13+,61-23+,62-24+. The molecule has 26 heteroatoms. The van der Waals surface area contributed by atoms with Crippen molar-refractivity contribution in [2.45, 2.75) is 139 Å². The van der Waals surface area contributed by atoms with Crippen molar-refractivity contribution in [3.05, 3.63) is 115 Å². The molecular weight excluding hydrogens is 1100 g/mol. The summed E-state index contributed by atoms with van der Waals surface area (Å²) in [6.45, 7) is 5.76. The Labute approximate surface area is 478 Å². The average molecular weight is 1160 g/mol. The number of methoxy groups -OCH3 is 2. The van der Waals surface area contributed by atoms with Gasteiger partial charge < -0.3 is 80.7 Å². The number of hydrazone groups is 2. The lowest BCUT2D eigenvalue weighted by Gasteiger charge is -2.42. The molecule has 12 atom stereocenters. The number of benzene rings is 4. The summed E-state index contributed by atoms with van der Waals surface area (Å²) in [5.41, 5.74) is 8.80. The van der Waals surface area contributed by atoms with Gasteiger partial charge in [0.05, 0.1) is 95.6 Å². The fourth-order valence-electron chi connectivity index (χ4n) is 12.0. The highest BCUT2D eigenvalue weighted by atomic mass is 16.7. The van der Waals surface area contributed by atoms with E-state index in [4.69, 9.17) is 39.9 Å². The Hall–Kier alpha value is -8.02. The van der Waals surface area contributed by atoms with E-state index in [0.717, 1.165) is 12.2 Å². The molecule has 4 aromatic carbocycles. The highest BCUT2D eigenvalue weighted by molar-refractivity contribution is 6.32. The molecule has 4 aliphatic carbocycles. The SMILES string of the molecule is COc1cccc2c1C(=O)c1c(O)c3c(c(O)c1C2=O)CC(O)(/C(C)=N/NC(=O)/C=C/C(=O)N/N=C(\C)C1(O)Cc2c(O)c4c(c(O)c2C(OC2CC(N)C(O)C(C)O2)C1)C(=O)c1c(OC)cccc1C4=O)CC3OC1CC(N)C(O)C(C)O1. The van der Waals surface area contributed by atoms with Crippen LogP contribution < -0.4 is 31.8 Å². The topological polar surface area (TPSA) is 420 Å².